The Hall–Kier alpha value is -4.44. The minimum Gasteiger partial charge on any atom is -0.321 e. The highest BCUT2D eigenvalue weighted by atomic mass is 15.2. The lowest BCUT2D eigenvalue weighted by atomic mass is 10.1. The number of aromatic amines is 2. The molecule has 6 aromatic rings. The first kappa shape index (κ1) is 20.9. The van der Waals surface area contributed by atoms with Gasteiger partial charge in [-0.25, -0.2) is 19.9 Å². The summed E-state index contributed by atoms with van der Waals surface area (Å²) in [4.78, 5) is 28.6. The first-order valence-electron chi connectivity index (χ1n) is 12.1. The van der Waals surface area contributed by atoms with Gasteiger partial charge in [-0.15, -0.1) is 0 Å². The molecule has 0 spiro atoms. The largest absolute Gasteiger partial charge is 0.321 e. The number of pyridine rings is 3. The Labute approximate surface area is 206 Å². The van der Waals surface area contributed by atoms with Crippen LogP contribution in [0.15, 0.2) is 55.5 Å². The van der Waals surface area contributed by atoms with Crippen LogP contribution in [-0.4, -0.2) is 62.7 Å². The summed E-state index contributed by atoms with van der Waals surface area (Å²) in [6.45, 7) is 5.20. The van der Waals surface area contributed by atoms with Crippen LogP contribution in [0.3, 0.4) is 0 Å². The highest BCUT2D eigenvalue weighted by molar-refractivity contribution is 5.94. The van der Waals surface area contributed by atoms with Crippen LogP contribution in [0.25, 0.3) is 50.5 Å². The van der Waals surface area contributed by atoms with Gasteiger partial charge in [-0.05, 0) is 56.6 Å². The fourth-order valence-electron chi connectivity index (χ4n) is 4.94. The van der Waals surface area contributed by atoms with Crippen LogP contribution in [0.5, 0.6) is 0 Å². The van der Waals surface area contributed by atoms with Crippen molar-refractivity contribution in [3.63, 3.8) is 0 Å². The smallest absolute Gasteiger partial charge is 0.161 e. The Morgan fingerprint density at radius 2 is 1.86 bits per heavy atom. The molecule has 7 heterocycles. The third-order valence-electron chi connectivity index (χ3n) is 6.73. The molecule has 0 radical (unpaired) electrons. The average Bonchev–Trinajstić information content (AvgIpc) is 3.70. The number of imidazole rings is 2. The van der Waals surface area contributed by atoms with Gasteiger partial charge in [0.1, 0.15) is 11.2 Å². The van der Waals surface area contributed by atoms with Gasteiger partial charge in [0.25, 0.3) is 0 Å². The van der Waals surface area contributed by atoms with Crippen LogP contribution in [-0.2, 0) is 6.54 Å². The second-order valence-corrected chi connectivity index (χ2v) is 9.29. The molecule has 10 heteroatoms. The van der Waals surface area contributed by atoms with E-state index in [1.807, 2.05) is 42.3 Å². The van der Waals surface area contributed by atoms with Gasteiger partial charge in [-0.1, -0.05) is 0 Å². The molecule has 2 N–H and O–H groups in total. The maximum absolute atomic E-state index is 4.87. The molecular formula is C26H24N10. The van der Waals surface area contributed by atoms with Crippen molar-refractivity contribution < 1.29 is 0 Å². The first-order chi connectivity index (χ1) is 17.7. The second-order valence-electron chi connectivity index (χ2n) is 9.29. The summed E-state index contributed by atoms with van der Waals surface area (Å²) < 4.78 is 1.95. The summed E-state index contributed by atoms with van der Waals surface area (Å²) in [7, 11) is 0. The van der Waals surface area contributed by atoms with E-state index in [9.17, 15) is 0 Å². The van der Waals surface area contributed by atoms with Crippen molar-refractivity contribution in [2.45, 2.75) is 26.3 Å². The SMILES string of the molecule is Cc1cn(-c2ccnc3[nH]c(-c4n[nH]c5ncc(-c6cncc(CN7CCCC7)c6)cc45)nc23)cn1. The number of nitrogens with zero attached hydrogens (tertiary/aromatic N) is 8. The van der Waals surface area contributed by atoms with Gasteiger partial charge in [0.2, 0.25) is 0 Å². The lowest BCUT2D eigenvalue weighted by Gasteiger charge is -2.14. The number of hydrogen-bond donors (Lipinski definition) is 2. The maximum Gasteiger partial charge on any atom is 0.161 e. The Bertz CT molecular complexity index is 1700. The van der Waals surface area contributed by atoms with Crippen LogP contribution < -0.4 is 0 Å². The van der Waals surface area contributed by atoms with E-state index in [0.29, 0.717) is 22.8 Å². The third kappa shape index (κ3) is 3.62. The second kappa shape index (κ2) is 8.35. The summed E-state index contributed by atoms with van der Waals surface area (Å²) in [5.41, 5.74) is 7.93. The normalized spacial score (nSPS) is 14.4. The molecule has 0 aromatic carbocycles. The molecule has 1 aliphatic heterocycles. The molecule has 0 bridgehead atoms. The summed E-state index contributed by atoms with van der Waals surface area (Å²) >= 11 is 0. The fourth-order valence-corrected chi connectivity index (χ4v) is 4.94. The van der Waals surface area contributed by atoms with E-state index in [1.165, 1.54) is 18.4 Å². The van der Waals surface area contributed by atoms with Crippen LogP contribution in [0.1, 0.15) is 24.1 Å². The van der Waals surface area contributed by atoms with E-state index < -0.39 is 0 Å². The number of rotatable bonds is 5. The maximum atomic E-state index is 4.87. The number of fused-ring (bicyclic) bond motifs is 2. The molecule has 1 saturated heterocycles. The zero-order chi connectivity index (χ0) is 24.1. The number of likely N-dealkylation sites (tertiary alicyclic amines) is 1. The predicted molar refractivity (Wildman–Crippen MR) is 136 cm³/mol. The van der Waals surface area contributed by atoms with Gasteiger partial charge in [0.05, 0.1) is 23.1 Å². The minimum absolute atomic E-state index is 0.632. The number of nitrogens with one attached hydrogen (secondary N) is 2. The number of aromatic nitrogens is 9. The lowest BCUT2D eigenvalue weighted by Crippen LogP contribution is -2.18. The van der Waals surface area contributed by atoms with Crippen molar-refractivity contribution >= 4 is 22.2 Å². The molecule has 10 nitrogen and oxygen atoms in total. The van der Waals surface area contributed by atoms with Gasteiger partial charge < -0.3 is 9.55 Å². The quantitative estimate of drug-likeness (QED) is 0.385. The topological polar surface area (TPSA) is 117 Å². The van der Waals surface area contributed by atoms with Crippen molar-refractivity contribution in [1.82, 2.24) is 49.6 Å². The van der Waals surface area contributed by atoms with E-state index in [-0.39, 0.29) is 0 Å². The van der Waals surface area contributed by atoms with E-state index in [2.05, 4.69) is 52.1 Å². The molecule has 0 saturated carbocycles. The standard InChI is InChI=1S/C26H24N10/c1-16-13-36(15-30-16)21-4-5-28-25-23(21)31-26(32-25)22-20-9-19(12-29-24(20)34-33-22)18-8-17(10-27-11-18)14-35-6-2-3-7-35/h4-5,8-13,15H,2-3,6-7,14H2,1H3,(H,28,31,32)(H,29,33,34). The molecule has 0 aliphatic carbocycles. The van der Waals surface area contributed by atoms with Crippen LogP contribution in [0.4, 0.5) is 0 Å². The highest BCUT2D eigenvalue weighted by Crippen LogP contribution is 2.30. The zero-order valence-electron chi connectivity index (χ0n) is 19.8. The Morgan fingerprint density at radius 3 is 2.72 bits per heavy atom. The first-order valence-corrected chi connectivity index (χ1v) is 12.1. The molecule has 0 atom stereocenters. The van der Waals surface area contributed by atoms with Crippen LogP contribution >= 0.6 is 0 Å². The molecule has 0 amide bonds. The molecule has 178 valence electrons. The van der Waals surface area contributed by atoms with Crippen molar-refractivity contribution in [2.75, 3.05) is 13.1 Å². The Balaban J connectivity index is 1.28. The average molecular weight is 477 g/mol. The van der Waals surface area contributed by atoms with E-state index >= 15 is 0 Å². The zero-order valence-corrected chi connectivity index (χ0v) is 19.8. The van der Waals surface area contributed by atoms with Crippen molar-refractivity contribution in [3.05, 3.63) is 66.8 Å². The molecule has 0 unspecified atom stereocenters. The summed E-state index contributed by atoms with van der Waals surface area (Å²) in [5.74, 6) is 0.632. The van der Waals surface area contributed by atoms with E-state index in [4.69, 9.17) is 4.98 Å². The van der Waals surface area contributed by atoms with Gasteiger partial charge >= 0.3 is 0 Å². The number of aryl methyl sites for hydroxylation is 1. The van der Waals surface area contributed by atoms with Crippen molar-refractivity contribution in [3.8, 4) is 28.3 Å². The van der Waals surface area contributed by atoms with Gasteiger partial charge in [0, 0.05) is 48.7 Å². The number of H-pyrrole nitrogens is 2. The number of hydrogen-bond acceptors (Lipinski definition) is 7. The monoisotopic (exact) mass is 476 g/mol. The van der Waals surface area contributed by atoms with Crippen LogP contribution in [0, 0.1) is 6.92 Å². The molecular weight excluding hydrogens is 452 g/mol. The summed E-state index contributed by atoms with van der Waals surface area (Å²) in [6.07, 6.45) is 13.8. The third-order valence-corrected chi connectivity index (χ3v) is 6.73. The summed E-state index contributed by atoms with van der Waals surface area (Å²) in [5, 5.41) is 8.46. The molecule has 36 heavy (non-hydrogen) atoms. The molecule has 6 aromatic heterocycles. The fraction of sp³-hybridized carbons (Fsp3) is 0.231. The van der Waals surface area contributed by atoms with Crippen LogP contribution in [0.2, 0.25) is 0 Å². The highest BCUT2D eigenvalue weighted by Gasteiger charge is 2.18. The summed E-state index contributed by atoms with van der Waals surface area (Å²) in [6, 6.07) is 6.23. The minimum atomic E-state index is 0.632. The van der Waals surface area contributed by atoms with E-state index in [1.54, 1.807) is 12.5 Å². The molecule has 1 fully saturated rings. The predicted octanol–water partition coefficient (Wildman–Crippen LogP) is 4.05. The van der Waals surface area contributed by atoms with Crippen molar-refractivity contribution in [1.29, 1.82) is 0 Å². The van der Waals surface area contributed by atoms with Gasteiger partial charge in [-0.3, -0.25) is 15.0 Å². The van der Waals surface area contributed by atoms with Gasteiger partial charge in [0.15, 0.2) is 17.1 Å². The molecule has 7 rings (SSSR count). The van der Waals surface area contributed by atoms with Crippen molar-refractivity contribution in [2.24, 2.45) is 0 Å². The van der Waals surface area contributed by atoms with Gasteiger partial charge in [-0.2, -0.15) is 5.10 Å². The lowest BCUT2D eigenvalue weighted by molar-refractivity contribution is 0.331. The Morgan fingerprint density at radius 1 is 0.972 bits per heavy atom. The van der Waals surface area contributed by atoms with E-state index in [0.717, 1.165) is 53.0 Å². The molecule has 1 aliphatic rings. The Kier molecular flexibility index (Phi) is 4.84.